The number of nitrogens with one attached hydrogen (secondary N) is 2. The molecule has 0 bridgehead atoms. The van der Waals surface area contributed by atoms with Gasteiger partial charge >= 0.3 is 0 Å². The van der Waals surface area contributed by atoms with Crippen LogP contribution in [0.2, 0.25) is 0 Å². The Bertz CT molecular complexity index is 918. The standard InChI is InChI=1S/C21H23N3O2/c25-18-7-3-11-24(14-18)21(26)15-4-1-6-17(12-15)23-13-16-5-2-8-20-19(16)9-10-22-20/h1-2,4-6,8-10,12,18,22-23,25H,3,7,11,13-14H2/t18-/m1/s1. The van der Waals surface area contributed by atoms with Gasteiger partial charge in [-0.05, 0) is 48.7 Å². The molecule has 2 heterocycles. The molecule has 1 aliphatic heterocycles. The van der Waals surface area contributed by atoms with E-state index in [0.717, 1.165) is 24.0 Å². The van der Waals surface area contributed by atoms with Gasteiger partial charge in [0.1, 0.15) is 0 Å². The van der Waals surface area contributed by atoms with E-state index in [2.05, 4.69) is 28.5 Å². The first-order valence-corrected chi connectivity index (χ1v) is 9.07. The summed E-state index contributed by atoms with van der Waals surface area (Å²) in [5.41, 5.74) is 3.90. The Balaban J connectivity index is 1.47. The van der Waals surface area contributed by atoms with Crippen LogP contribution in [0.3, 0.4) is 0 Å². The van der Waals surface area contributed by atoms with Gasteiger partial charge < -0.3 is 20.3 Å². The quantitative estimate of drug-likeness (QED) is 0.676. The van der Waals surface area contributed by atoms with Crippen molar-refractivity contribution < 1.29 is 9.90 Å². The Labute approximate surface area is 152 Å². The van der Waals surface area contributed by atoms with Gasteiger partial charge in [0.05, 0.1) is 6.10 Å². The van der Waals surface area contributed by atoms with Crippen molar-refractivity contribution in [3.63, 3.8) is 0 Å². The summed E-state index contributed by atoms with van der Waals surface area (Å²) in [5.74, 6) is -0.0138. The van der Waals surface area contributed by atoms with E-state index in [1.165, 1.54) is 10.9 Å². The van der Waals surface area contributed by atoms with Gasteiger partial charge in [0.2, 0.25) is 0 Å². The molecule has 5 nitrogen and oxygen atoms in total. The molecule has 1 amide bonds. The fourth-order valence-electron chi connectivity index (χ4n) is 3.59. The van der Waals surface area contributed by atoms with Gasteiger partial charge in [-0.1, -0.05) is 18.2 Å². The van der Waals surface area contributed by atoms with Gasteiger partial charge in [0.15, 0.2) is 0 Å². The summed E-state index contributed by atoms with van der Waals surface area (Å²) in [6, 6.07) is 15.9. The van der Waals surface area contributed by atoms with Crippen LogP contribution in [0.1, 0.15) is 28.8 Å². The number of carbonyl (C=O) groups excluding carboxylic acids is 1. The number of likely N-dealkylation sites (tertiary alicyclic amines) is 1. The molecule has 4 rings (SSSR count). The highest BCUT2D eigenvalue weighted by Crippen LogP contribution is 2.20. The summed E-state index contributed by atoms with van der Waals surface area (Å²) in [5, 5.41) is 14.4. The Morgan fingerprint density at radius 1 is 1.23 bits per heavy atom. The van der Waals surface area contributed by atoms with E-state index < -0.39 is 6.10 Å². The molecule has 26 heavy (non-hydrogen) atoms. The van der Waals surface area contributed by atoms with Crippen LogP contribution in [0, 0.1) is 0 Å². The second-order valence-electron chi connectivity index (χ2n) is 6.84. The molecule has 0 radical (unpaired) electrons. The number of nitrogens with zero attached hydrogens (tertiary/aromatic N) is 1. The zero-order valence-electron chi connectivity index (χ0n) is 14.6. The van der Waals surface area contributed by atoms with E-state index in [4.69, 9.17) is 0 Å². The van der Waals surface area contributed by atoms with Crippen LogP contribution >= 0.6 is 0 Å². The summed E-state index contributed by atoms with van der Waals surface area (Å²) >= 11 is 0. The smallest absolute Gasteiger partial charge is 0.254 e. The lowest BCUT2D eigenvalue weighted by molar-refractivity contribution is 0.0474. The van der Waals surface area contributed by atoms with Crippen LogP contribution in [-0.2, 0) is 6.54 Å². The average molecular weight is 349 g/mol. The lowest BCUT2D eigenvalue weighted by atomic mass is 10.1. The average Bonchev–Trinajstić information content (AvgIpc) is 3.15. The van der Waals surface area contributed by atoms with Gasteiger partial charge in [-0.3, -0.25) is 4.79 Å². The van der Waals surface area contributed by atoms with Crippen molar-refractivity contribution >= 4 is 22.5 Å². The largest absolute Gasteiger partial charge is 0.391 e. The molecule has 1 fully saturated rings. The maximum atomic E-state index is 12.7. The minimum Gasteiger partial charge on any atom is -0.391 e. The summed E-state index contributed by atoms with van der Waals surface area (Å²) < 4.78 is 0. The van der Waals surface area contributed by atoms with E-state index in [9.17, 15) is 9.90 Å². The third-order valence-electron chi connectivity index (χ3n) is 4.96. The van der Waals surface area contributed by atoms with Gasteiger partial charge in [0.25, 0.3) is 5.91 Å². The number of aliphatic hydroxyl groups excluding tert-OH is 1. The fraction of sp³-hybridized carbons (Fsp3) is 0.286. The number of hydrogen-bond acceptors (Lipinski definition) is 3. The maximum Gasteiger partial charge on any atom is 0.254 e. The fourth-order valence-corrected chi connectivity index (χ4v) is 3.59. The molecule has 0 aliphatic carbocycles. The molecule has 3 aromatic rings. The third-order valence-corrected chi connectivity index (χ3v) is 4.96. The van der Waals surface area contributed by atoms with Gasteiger partial charge in [-0.2, -0.15) is 0 Å². The summed E-state index contributed by atoms with van der Waals surface area (Å²) in [6.45, 7) is 1.82. The normalized spacial score (nSPS) is 17.4. The van der Waals surface area contributed by atoms with Gasteiger partial charge in [0, 0.05) is 48.0 Å². The summed E-state index contributed by atoms with van der Waals surface area (Å²) in [7, 11) is 0. The number of hydrogen-bond donors (Lipinski definition) is 3. The second-order valence-corrected chi connectivity index (χ2v) is 6.84. The Hall–Kier alpha value is -2.79. The monoisotopic (exact) mass is 349 g/mol. The number of fused-ring (bicyclic) bond motifs is 1. The number of anilines is 1. The van der Waals surface area contributed by atoms with Crippen LogP contribution in [0.4, 0.5) is 5.69 Å². The van der Waals surface area contributed by atoms with Crippen molar-refractivity contribution in [1.82, 2.24) is 9.88 Å². The minimum atomic E-state index is -0.407. The molecule has 0 saturated carbocycles. The lowest BCUT2D eigenvalue weighted by Crippen LogP contribution is -2.42. The molecule has 5 heteroatoms. The topological polar surface area (TPSA) is 68.4 Å². The number of aliphatic hydroxyl groups is 1. The van der Waals surface area contributed by atoms with E-state index in [-0.39, 0.29) is 5.91 Å². The van der Waals surface area contributed by atoms with Crippen LogP contribution in [0.15, 0.2) is 54.7 Å². The number of rotatable bonds is 4. The van der Waals surface area contributed by atoms with E-state index in [1.54, 1.807) is 4.90 Å². The Kier molecular flexibility index (Phi) is 4.63. The maximum absolute atomic E-state index is 12.7. The SMILES string of the molecule is O=C(c1cccc(NCc2cccc3[nH]ccc23)c1)N1CCC[C@@H](O)C1. The van der Waals surface area contributed by atoms with E-state index in [1.807, 2.05) is 36.5 Å². The van der Waals surface area contributed by atoms with Crippen LogP contribution < -0.4 is 5.32 Å². The number of benzene rings is 2. The molecule has 0 unspecified atom stereocenters. The number of piperidine rings is 1. The highest BCUT2D eigenvalue weighted by Gasteiger charge is 2.23. The number of H-pyrrole nitrogens is 1. The predicted octanol–water partition coefficient (Wildman–Crippen LogP) is 3.38. The van der Waals surface area contributed by atoms with Crippen molar-refractivity contribution in [2.45, 2.75) is 25.5 Å². The summed E-state index contributed by atoms with van der Waals surface area (Å²) in [6.07, 6.45) is 3.16. The first-order chi connectivity index (χ1) is 12.7. The van der Waals surface area contributed by atoms with Crippen molar-refractivity contribution in [1.29, 1.82) is 0 Å². The number of carbonyl (C=O) groups is 1. The zero-order chi connectivity index (χ0) is 17.9. The second kappa shape index (κ2) is 7.22. The highest BCUT2D eigenvalue weighted by molar-refractivity contribution is 5.95. The van der Waals surface area contributed by atoms with E-state index in [0.29, 0.717) is 25.2 Å². The lowest BCUT2D eigenvalue weighted by Gasteiger charge is -2.30. The molecule has 134 valence electrons. The molecular weight excluding hydrogens is 326 g/mol. The van der Waals surface area contributed by atoms with Gasteiger partial charge in [-0.15, -0.1) is 0 Å². The highest BCUT2D eigenvalue weighted by atomic mass is 16.3. The molecule has 1 atom stereocenters. The van der Waals surface area contributed by atoms with Crippen molar-refractivity contribution in [3.8, 4) is 0 Å². The first kappa shape index (κ1) is 16.7. The number of aromatic amines is 1. The molecule has 1 aliphatic rings. The van der Waals surface area contributed by atoms with Crippen LogP contribution in [0.5, 0.6) is 0 Å². The van der Waals surface area contributed by atoms with Crippen LogP contribution in [-0.4, -0.2) is 40.1 Å². The molecule has 0 spiro atoms. The van der Waals surface area contributed by atoms with Crippen LogP contribution in [0.25, 0.3) is 10.9 Å². The molecule has 2 aromatic carbocycles. The molecule has 1 saturated heterocycles. The molecular formula is C21H23N3O2. The number of aromatic nitrogens is 1. The van der Waals surface area contributed by atoms with E-state index >= 15 is 0 Å². The Morgan fingerprint density at radius 3 is 3.00 bits per heavy atom. The summed E-state index contributed by atoms with van der Waals surface area (Å²) in [4.78, 5) is 17.7. The van der Waals surface area contributed by atoms with Crippen molar-refractivity contribution in [2.24, 2.45) is 0 Å². The predicted molar refractivity (Wildman–Crippen MR) is 103 cm³/mol. The molecule has 3 N–H and O–H groups in total. The van der Waals surface area contributed by atoms with Crippen molar-refractivity contribution in [3.05, 3.63) is 65.9 Å². The number of amides is 1. The Morgan fingerprint density at radius 2 is 2.12 bits per heavy atom. The third kappa shape index (κ3) is 3.44. The number of β-amino-alcohol motifs (C(OH)–C–C–N with tert-alkyl or cyclic N) is 1. The zero-order valence-corrected chi connectivity index (χ0v) is 14.6. The first-order valence-electron chi connectivity index (χ1n) is 9.07. The minimum absolute atomic E-state index is 0.0138. The van der Waals surface area contributed by atoms with Crippen molar-refractivity contribution in [2.75, 3.05) is 18.4 Å². The molecule has 1 aromatic heterocycles. The van der Waals surface area contributed by atoms with Gasteiger partial charge in [-0.25, -0.2) is 0 Å².